The average Bonchev–Trinajstić information content (AvgIpc) is 2.63. The molecular formula is C21H33NO3. The van der Waals surface area contributed by atoms with Crippen LogP contribution in [0.2, 0.25) is 0 Å². The first-order valence-electron chi connectivity index (χ1n) is 9.98. The molecule has 3 rings (SSSR count). The Balaban J connectivity index is 1.40. The molecule has 2 aliphatic carbocycles. The zero-order valence-electron chi connectivity index (χ0n) is 15.6. The highest BCUT2D eigenvalue weighted by atomic mass is 16.5. The highest BCUT2D eigenvalue weighted by molar-refractivity contribution is 5.81. The van der Waals surface area contributed by atoms with Gasteiger partial charge in [-0.1, -0.05) is 23.8 Å². The van der Waals surface area contributed by atoms with Gasteiger partial charge in [-0.25, -0.2) is 0 Å². The Labute approximate surface area is 152 Å². The maximum atomic E-state index is 12.0. The lowest BCUT2D eigenvalue weighted by molar-refractivity contribution is -0.133. The second-order valence-corrected chi connectivity index (χ2v) is 7.93. The maximum absolute atomic E-state index is 12.0. The fourth-order valence-electron chi connectivity index (χ4n) is 4.32. The van der Waals surface area contributed by atoms with Gasteiger partial charge in [0.15, 0.2) is 5.78 Å². The Morgan fingerprint density at radius 1 is 1.32 bits per heavy atom. The Bertz CT molecular complexity index is 499. The molecule has 25 heavy (non-hydrogen) atoms. The number of Topliss-reactive ketones (excluding diaryl/α,β-unsaturated/α-hetero) is 1. The van der Waals surface area contributed by atoms with Crippen molar-refractivity contribution in [2.45, 2.75) is 57.4 Å². The minimum absolute atomic E-state index is 0.137. The summed E-state index contributed by atoms with van der Waals surface area (Å²) in [5, 5.41) is 3.68. The van der Waals surface area contributed by atoms with Crippen LogP contribution in [0.4, 0.5) is 0 Å². The van der Waals surface area contributed by atoms with Gasteiger partial charge in [0.05, 0.1) is 18.8 Å². The maximum Gasteiger partial charge on any atom is 0.160 e. The highest BCUT2D eigenvalue weighted by Gasteiger charge is 2.40. The summed E-state index contributed by atoms with van der Waals surface area (Å²) in [5.41, 5.74) is 1.53. The van der Waals surface area contributed by atoms with Crippen LogP contribution in [0, 0.1) is 11.8 Å². The van der Waals surface area contributed by atoms with E-state index in [9.17, 15) is 4.79 Å². The van der Waals surface area contributed by atoms with Crippen LogP contribution in [0.5, 0.6) is 0 Å². The summed E-state index contributed by atoms with van der Waals surface area (Å²) in [7, 11) is 0. The minimum Gasteiger partial charge on any atom is -0.377 e. The molecule has 0 radical (unpaired) electrons. The van der Waals surface area contributed by atoms with Crippen LogP contribution in [0.25, 0.3) is 0 Å². The van der Waals surface area contributed by atoms with Gasteiger partial charge in [-0.05, 0) is 63.8 Å². The zero-order valence-corrected chi connectivity index (χ0v) is 15.6. The number of hydrogen-bond acceptors (Lipinski definition) is 4. The van der Waals surface area contributed by atoms with Gasteiger partial charge in [0.2, 0.25) is 0 Å². The van der Waals surface area contributed by atoms with Crippen LogP contribution in [0.15, 0.2) is 23.8 Å². The molecule has 0 amide bonds. The van der Waals surface area contributed by atoms with Crippen LogP contribution >= 0.6 is 0 Å². The molecule has 1 saturated carbocycles. The molecule has 2 fully saturated rings. The Kier molecular flexibility index (Phi) is 6.85. The average molecular weight is 347 g/mol. The predicted octanol–water partition coefficient (Wildman–Crippen LogP) is 3.42. The molecule has 1 aliphatic heterocycles. The van der Waals surface area contributed by atoms with E-state index in [1.165, 1.54) is 38.5 Å². The lowest BCUT2D eigenvalue weighted by Crippen LogP contribution is -2.62. The normalized spacial score (nSPS) is 28.3. The van der Waals surface area contributed by atoms with Gasteiger partial charge in [0.1, 0.15) is 6.61 Å². The van der Waals surface area contributed by atoms with E-state index in [1.807, 2.05) is 6.92 Å². The van der Waals surface area contributed by atoms with E-state index in [0.29, 0.717) is 26.2 Å². The fourth-order valence-corrected chi connectivity index (χ4v) is 4.32. The first-order valence-corrected chi connectivity index (χ1v) is 9.98. The molecule has 0 aromatic heterocycles. The van der Waals surface area contributed by atoms with Crippen molar-refractivity contribution in [2.24, 2.45) is 11.8 Å². The SMILES string of the molecule is CCOCC(=O)CC1(NCC2CCC(C3=CC=CCC3)CC2)COC1. The topological polar surface area (TPSA) is 47.6 Å². The van der Waals surface area contributed by atoms with Crippen molar-refractivity contribution in [1.82, 2.24) is 5.32 Å². The van der Waals surface area contributed by atoms with Crippen LogP contribution in [-0.4, -0.2) is 44.3 Å². The fraction of sp³-hybridized carbons (Fsp3) is 0.762. The van der Waals surface area contributed by atoms with Crippen molar-refractivity contribution in [3.8, 4) is 0 Å². The van der Waals surface area contributed by atoms with Gasteiger partial charge in [0.25, 0.3) is 0 Å². The van der Waals surface area contributed by atoms with Crippen LogP contribution in [-0.2, 0) is 14.3 Å². The quantitative estimate of drug-likeness (QED) is 0.694. The number of carbonyl (C=O) groups excluding carboxylic acids is 1. The third-order valence-electron chi connectivity index (χ3n) is 5.94. The summed E-state index contributed by atoms with van der Waals surface area (Å²) in [6, 6.07) is 0. The monoisotopic (exact) mass is 347 g/mol. The van der Waals surface area contributed by atoms with Crippen molar-refractivity contribution in [2.75, 3.05) is 33.0 Å². The molecule has 0 unspecified atom stereocenters. The first kappa shape index (κ1) is 18.8. The van der Waals surface area contributed by atoms with Crippen molar-refractivity contribution < 1.29 is 14.3 Å². The molecule has 1 N–H and O–H groups in total. The van der Waals surface area contributed by atoms with Crippen molar-refractivity contribution >= 4 is 5.78 Å². The van der Waals surface area contributed by atoms with E-state index in [-0.39, 0.29) is 17.9 Å². The van der Waals surface area contributed by atoms with Gasteiger partial charge < -0.3 is 14.8 Å². The minimum atomic E-state index is -0.137. The molecule has 0 bridgehead atoms. The molecule has 4 heteroatoms. The standard InChI is InChI=1S/C21H33NO3/c1-2-24-14-20(23)12-21(15-25-16-21)22-13-17-8-10-19(11-9-17)18-6-4-3-5-7-18/h3-4,6,17,19,22H,2,5,7-16H2,1H3. The van der Waals surface area contributed by atoms with Gasteiger partial charge >= 0.3 is 0 Å². The van der Waals surface area contributed by atoms with Gasteiger partial charge in [0, 0.05) is 13.0 Å². The number of nitrogens with one attached hydrogen (secondary N) is 1. The van der Waals surface area contributed by atoms with E-state index in [2.05, 4.69) is 23.5 Å². The Morgan fingerprint density at radius 3 is 2.72 bits per heavy atom. The van der Waals surface area contributed by atoms with E-state index >= 15 is 0 Å². The summed E-state index contributed by atoms with van der Waals surface area (Å²) in [6.07, 6.45) is 15.1. The molecule has 3 aliphatic rings. The van der Waals surface area contributed by atoms with Crippen molar-refractivity contribution in [3.63, 3.8) is 0 Å². The van der Waals surface area contributed by atoms with E-state index < -0.39 is 0 Å². The van der Waals surface area contributed by atoms with E-state index in [0.717, 1.165) is 18.4 Å². The summed E-state index contributed by atoms with van der Waals surface area (Å²) < 4.78 is 10.7. The summed E-state index contributed by atoms with van der Waals surface area (Å²) in [5.74, 6) is 1.71. The number of carbonyl (C=O) groups is 1. The number of ketones is 1. The van der Waals surface area contributed by atoms with Gasteiger partial charge in [-0.15, -0.1) is 0 Å². The summed E-state index contributed by atoms with van der Waals surface area (Å²) in [4.78, 5) is 12.0. The third kappa shape index (κ3) is 5.25. The molecule has 1 saturated heterocycles. The number of hydrogen-bond donors (Lipinski definition) is 1. The molecule has 0 spiro atoms. The molecule has 140 valence electrons. The Hall–Kier alpha value is -0.970. The van der Waals surface area contributed by atoms with Gasteiger partial charge in [-0.3, -0.25) is 4.79 Å². The van der Waals surface area contributed by atoms with E-state index in [4.69, 9.17) is 9.47 Å². The first-order chi connectivity index (χ1) is 12.2. The zero-order chi connectivity index (χ0) is 17.5. The van der Waals surface area contributed by atoms with Crippen LogP contribution in [0.3, 0.4) is 0 Å². The second kappa shape index (κ2) is 9.11. The van der Waals surface area contributed by atoms with E-state index in [1.54, 1.807) is 5.57 Å². The summed E-state index contributed by atoms with van der Waals surface area (Å²) >= 11 is 0. The number of ether oxygens (including phenoxy) is 2. The second-order valence-electron chi connectivity index (χ2n) is 7.93. The highest BCUT2D eigenvalue weighted by Crippen LogP contribution is 2.36. The van der Waals surface area contributed by atoms with Crippen molar-refractivity contribution in [1.29, 1.82) is 0 Å². The molecule has 0 atom stereocenters. The molecule has 0 aromatic carbocycles. The Morgan fingerprint density at radius 2 is 2.12 bits per heavy atom. The summed E-state index contributed by atoms with van der Waals surface area (Å²) in [6.45, 7) is 5.06. The lowest BCUT2D eigenvalue weighted by Gasteiger charge is -2.43. The number of allylic oxidation sites excluding steroid dienone is 4. The predicted molar refractivity (Wildman–Crippen MR) is 99.6 cm³/mol. The smallest absolute Gasteiger partial charge is 0.160 e. The van der Waals surface area contributed by atoms with Crippen LogP contribution < -0.4 is 5.32 Å². The molecule has 4 nitrogen and oxygen atoms in total. The lowest BCUT2D eigenvalue weighted by atomic mass is 9.76. The van der Waals surface area contributed by atoms with Crippen molar-refractivity contribution in [3.05, 3.63) is 23.8 Å². The largest absolute Gasteiger partial charge is 0.377 e. The molecule has 0 aromatic rings. The third-order valence-corrected chi connectivity index (χ3v) is 5.94. The number of rotatable bonds is 9. The van der Waals surface area contributed by atoms with Gasteiger partial charge in [-0.2, -0.15) is 0 Å². The van der Waals surface area contributed by atoms with Crippen LogP contribution in [0.1, 0.15) is 51.9 Å². The molecular weight excluding hydrogens is 314 g/mol. The molecule has 1 heterocycles.